The van der Waals surface area contributed by atoms with Crippen molar-refractivity contribution < 1.29 is 14.3 Å². The van der Waals surface area contributed by atoms with Gasteiger partial charge in [-0.2, -0.15) is 0 Å². The van der Waals surface area contributed by atoms with E-state index >= 15 is 0 Å². The lowest BCUT2D eigenvalue weighted by Gasteiger charge is -2.26. The van der Waals surface area contributed by atoms with Crippen molar-refractivity contribution in [3.63, 3.8) is 0 Å². The number of hydrogen-bond acceptors (Lipinski definition) is 6. The van der Waals surface area contributed by atoms with Gasteiger partial charge in [-0.05, 0) is 60.6 Å². The number of aromatic nitrogens is 1. The Morgan fingerprint density at radius 2 is 1.66 bits per heavy atom. The summed E-state index contributed by atoms with van der Waals surface area (Å²) in [5, 5.41) is 0. The Bertz CT molecular complexity index is 1200. The number of carbonyl (C=O) groups excluding carboxylic acids is 1. The second-order valence-corrected chi connectivity index (χ2v) is 10.2. The fourth-order valence-electron chi connectivity index (χ4n) is 4.81. The number of anilines is 1. The van der Waals surface area contributed by atoms with Crippen LogP contribution in [0.5, 0.6) is 0 Å². The number of nitrogen functional groups attached to an aromatic ring is 1. The lowest BCUT2D eigenvalue weighted by atomic mass is 10.0. The van der Waals surface area contributed by atoms with Crippen LogP contribution in [0.3, 0.4) is 0 Å². The first-order valence-electron chi connectivity index (χ1n) is 13.5. The highest BCUT2D eigenvalue weighted by atomic mass is 16.5. The lowest BCUT2D eigenvalue weighted by molar-refractivity contribution is 0.0342. The zero-order valence-corrected chi connectivity index (χ0v) is 22.6. The van der Waals surface area contributed by atoms with Gasteiger partial charge in [0.25, 0.3) is 5.91 Å². The highest BCUT2D eigenvalue weighted by Gasteiger charge is 2.15. The molecule has 7 nitrogen and oxygen atoms in total. The average Bonchev–Trinajstić information content (AvgIpc) is 3.45. The number of ether oxygens (including phenoxy) is 2. The van der Waals surface area contributed by atoms with Crippen LogP contribution in [0.4, 0.5) is 5.82 Å². The second kappa shape index (κ2) is 13.5. The molecule has 0 unspecified atom stereocenters. The molecule has 1 saturated heterocycles. The van der Waals surface area contributed by atoms with Crippen LogP contribution < -0.4 is 11.5 Å². The van der Waals surface area contributed by atoms with Gasteiger partial charge in [0, 0.05) is 31.4 Å². The van der Waals surface area contributed by atoms with E-state index in [0.717, 1.165) is 50.6 Å². The molecule has 1 aliphatic heterocycles. The Morgan fingerprint density at radius 1 is 0.974 bits per heavy atom. The molecule has 3 aromatic rings. The smallest absolute Gasteiger partial charge is 0.252 e. The average molecular weight is 517 g/mol. The van der Waals surface area contributed by atoms with E-state index in [9.17, 15) is 4.79 Å². The maximum Gasteiger partial charge on any atom is 0.252 e. The summed E-state index contributed by atoms with van der Waals surface area (Å²) in [4.78, 5) is 17.8. The fourth-order valence-corrected chi connectivity index (χ4v) is 4.81. The summed E-state index contributed by atoms with van der Waals surface area (Å²) in [6.07, 6.45) is 7.37. The third kappa shape index (κ3) is 7.87. The Hall–Kier alpha value is -3.26. The zero-order valence-electron chi connectivity index (χ0n) is 22.6. The van der Waals surface area contributed by atoms with Gasteiger partial charge in [-0.1, -0.05) is 55.3 Å². The Labute approximate surface area is 226 Å². The van der Waals surface area contributed by atoms with E-state index in [1.54, 1.807) is 12.3 Å². The van der Waals surface area contributed by atoms with E-state index in [0.29, 0.717) is 6.10 Å². The highest BCUT2D eigenvalue weighted by molar-refractivity contribution is 5.98. The molecule has 1 saturated carbocycles. The number of pyridine rings is 1. The minimum Gasteiger partial charge on any atom is -0.383 e. The molecule has 0 spiro atoms. The largest absolute Gasteiger partial charge is 0.383 e. The molecular weight excluding hydrogens is 476 g/mol. The molecule has 202 valence electrons. The van der Waals surface area contributed by atoms with Crippen molar-refractivity contribution >= 4 is 11.7 Å². The highest BCUT2D eigenvalue weighted by Crippen LogP contribution is 2.24. The number of morpholine rings is 1. The second-order valence-electron chi connectivity index (χ2n) is 10.2. The van der Waals surface area contributed by atoms with E-state index in [-0.39, 0.29) is 11.4 Å². The number of nitrogens with zero attached hydrogens (tertiary/aromatic N) is 2. The predicted octanol–water partition coefficient (Wildman–Crippen LogP) is 5.02. The molecule has 2 fully saturated rings. The molecule has 38 heavy (non-hydrogen) atoms. The third-order valence-corrected chi connectivity index (χ3v) is 7.34. The molecule has 4 N–H and O–H groups in total. The molecule has 2 aliphatic rings. The first-order valence-corrected chi connectivity index (χ1v) is 13.5. The maximum atomic E-state index is 11.4. The van der Waals surface area contributed by atoms with E-state index < -0.39 is 5.91 Å². The Balaban J connectivity index is 0.000000194. The quantitative estimate of drug-likeness (QED) is 0.457. The van der Waals surface area contributed by atoms with Gasteiger partial charge in [0.2, 0.25) is 0 Å². The summed E-state index contributed by atoms with van der Waals surface area (Å²) in [5.74, 6) is -0.411. The van der Waals surface area contributed by atoms with Crippen LogP contribution in [0.15, 0.2) is 54.7 Å². The summed E-state index contributed by atoms with van der Waals surface area (Å²) >= 11 is 0. The molecule has 2 aromatic carbocycles. The SMILES string of the molecule is Cc1ccc(COC2CCCC2)cc1C.NC(=O)c1cc(-c2ccc(CN3CCOCC3)cc2)cnc1N. The number of rotatable bonds is 7. The molecular formula is C31H40N4O3. The Kier molecular flexibility index (Phi) is 9.87. The van der Waals surface area contributed by atoms with E-state index in [4.69, 9.17) is 20.9 Å². The van der Waals surface area contributed by atoms with Gasteiger partial charge in [-0.15, -0.1) is 0 Å². The van der Waals surface area contributed by atoms with Gasteiger partial charge in [-0.3, -0.25) is 9.69 Å². The fraction of sp³-hybridized carbons (Fsp3) is 0.419. The summed E-state index contributed by atoms with van der Waals surface area (Å²) < 4.78 is 11.2. The summed E-state index contributed by atoms with van der Waals surface area (Å²) in [7, 11) is 0. The van der Waals surface area contributed by atoms with Crippen molar-refractivity contribution in [1.82, 2.24) is 9.88 Å². The normalized spacial score (nSPS) is 16.2. The van der Waals surface area contributed by atoms with Crippen molar-refractivity contribution in [2.75, 3.05) is 32.0 Å². The van der Waals surface area contributed by atoms with E-state index in [2.05, 4.69) is 54.1 Å². The molecule has 1 aromatic heterocycles. The van der Waals surface area contributed by atoms with Crippen LogP contribution in [0, 0.1) is 13.8 Å². The number of hydrogen-bond donors (Lipinski definition) is 2. The first-order chi connectivity index (χ1) is 18.4. The van der Waals surface area contributed by atoms with Gasteiger partial charge in [0.05, 0.1) is 31.5 Å². The topological polar surface area (TPSA) is 104 Å². The minimum absolute atomic E-state index is 0.158. The molecule has 1 aliphatic carbocycles. The number of benzene rings is 2. The molecule has 7 heteroatoms. The van der Waals surface area contributed by atoms with Crippen LogP contribution >= 0.6 is 0 Å². The molecule has 2 heterocycles. The van der Waals surface area contributed by atoms with Gasteiger partial charge in [-0.25, -0.2) is 4.98 Å². The van der Waals surface area contributed by atoms with Gasteiger partial charge in [0.15, 0.2) is 0 Å². The number of amides is 1. The number of primary amides is 1. The van der Waals surface area contributed by atoms with Gasteiger partial charge >= 0.3 is 0 Å². The maximum absolute atomic E-state index is 11.4. The molecule has 1 amide bonds. The van der Waals surface area contributed by atoms with E-state index in [1.165, 1.54) is 47.9 Å². The summed E-state index contributed by atoms with van der Waals surface area (Å²) in [6.45, 7) is 9.53. The monoisotopic (exact) mass is 516 g/mol. The number of nitrogens with two attached hydrogens (primary N) is 2. The summed E-state index contributed by atoms with van der Waals surface area (Å²) in [6, 6.07) is 16.5. The third-order valence-electron chi connectivity index (χ3n) is 7.34. The van der Waals surface area contributed by atoms with Crippen molar-refractivity contribution in [3.05, 3.63) is 82.5 Å². The predicted molar refractivity (Wildman–Crippen MR) is 152 cm³/mol. The van der Waals surface area contributed by atoms with Crippen LogP contribution in [0.2, 0.25) is 0 Å². The zero-order chi connectivity index (χ0) is 26.9. The van der Waals surface area contributed by atoms with Crippen molar-refractivity contribution in [2.24, 2.45) is 5.73 Å². The van der Waals surface area contributed by atoms with E-state index in [1.807, 2.05) is 12.1 Å². The molecule has 5 rings (SSSR count). The van der Waals surface area contributed by atoms with Crippen molar-refractivity contribution in [3.8, 4) is 11.1 Å². The molecule has 0 radical (unpaired) electrons. The van der Waals surface area contributed by atoms with Gasteiger partial charge in [0.1, 0.15) is 5.82 Å². The Morgan fingerprint density at radius 3 is 2.32 bits per heavy atom. The first kappa shape index (κ1) is 27.8. The summed E-state index contributed by atoms with van der Waals surface area (Å²) in [5.41, 5.74) is 18.3. The number of aryl methyl sites for hydroxylation is 2. The van der Waals surface area contributed by atoms with Crippen LogP contribution in [-0.4, -0.2) is 48.2 Å². The minimum atomic E-state index is -0.569. The van der Waals surface area contributed by atoms with Crippen LogP contribution in [0.1, 0.15) is 58.3 Å². The lowest BCUT2D eigenvalue weighted by Crippen LogP contribution is -2.35. The molecule has 0 atom stereocenters. The van der Waals surface area contributed by atoms with Crippen molar-refractivity contribution in [2.45, 2.75) is 58.8 Å². The standard InChI is InChI=1S/C17H20N4O2.C14H20O/c18-16-15(17(19)22)9-14(10-20-16)13-3-1-12(2-4-13)11-21-5-7-23-8-6-21;1-11-7-8-13(9-12(11)2)10-15-14-5-3-4-6-14/h1-4,9-10H,5-8,11H2,(H2,18,20)(H2,19,22);7-9,14H,3-6,10H2,1-2H3. The van der Waals surface area contributed by atoms with Gasteiger partial charge < -0.3 is 20.9 Å². The molecule has 0 bridgehead atoms. The van der Waals surface area contributed by atoms with Crippen LogP contribution in [0.25, 0.3) is 11.1 Å². The van der Waals surface area contributed by atoms with Crippen LogP contribution in [-0.2, 0) is 22.6 Å². The number of carbonyl (C=O) groups is 1. The van der Waals surface area contributed by atoms with Crippen molar-refractivity contribution in [1.29, 1.82) is 0 Å².